The first-order valence-electron chi connectivity index (χ1n) is 15.9. The van der Waals surface area contributed by atoms with Gasteiger partial charge in [0.15, 0.2) is 5.58 Å². The Bertz CT molecular complexity index is 2410. The van der Waals surface area contributed by atoms with Gasteiger partial charge in [0.2, 0.25) is 0 Å². The van der Waals surface area contributed by atoms with Crippen LogP contribution in [-0.4, -0.2) is 10.8 Å². The minimum Gasteiger partial charge on any atom is -0.454 e. The molecular formula is C42H30N4O. The highest BCUT2D eigenvalue weighted by Crippen LogP contribution is 2.41. The Kier molecular flexibility index (Phi) is 6.61. The second-order valence-electron chi connectivity index (χ2n) is 11.9. The van der Waals surface area contributed by atoms with E-state index in [9.17, 15) is 0 Å². The van der Waals surface area contributed by atoms with Crippen LogP contribution in [-0.2, 0) is 0 Å². The maximum Gasteiger partial charge on any atom is 0.153 e. The van der Waals surface area contributed by atoms with Crippen molar-refractivity contribution >= 4 is 38.7 Å². The fourth-order valence-electron chi connectivity index (χ4n) is 6.79. The van der Waals surface area contributed by atoms with Crippen molar-refractivity contribution in [3.63, 3.8) is 0 Å². The minimum atomic E-state index is -0.166. The van der Waals surface area contributed by atoms with Gasteiger partial charge in [-0.15, -0.1) is 0 Å². The average Bonchev–Trinajstić information content (AvgIpc) is 3.54. The van der Waals surface area contributed by atoms with Crippen LogP contribution in [0.3, 0.4) is 0 Å². The van der Waals surface area contributed by atoms with Crippen molar-refractivity contribution in [1.29, 1.82) is 0 Å². The van der Waals surface area contributed by atoms with Crippen LogP contribution in [0.25, 0.3) is 55.1 Å². The molecule has 0 fully saturated rings. The van der Waals surface area contributed by atoms with Crippen molar-refractivity contribution in [2.45, 2.75) is 12.3 Å². The molecule has 1 aliphatic heterocycles. The Balaban J connectivity index is 1.11. The number of nitrogens with one attached hydrogen (secondary N) is 2. The minimum absolute atomic E-state index is 0.0722. The molecule has 1 aliphatic rings. The van der Waals surface area contributed by atoms with Crippen molar-refractivity contribution in [3.05, 3.63) is 175 Å². The number of aliphatic imine (C=N–C) groups is 1. The van der Waals surface area contributed by atoms with Crippen LogP contribution in [0.15, 0.2) is 167 Å². The molecule has 2 aromatic heterocycles. The van der Waals surface area contributed by atoms with E-state index in [2.05, 4.69) is 137 Å². The van der Waals surface area contributed by atoms with Gasteiger partial charge in [-0.25, -0.2) is 4.99 Å². The standard InChI is InChI=1S/C42H30N4O/c1-3-11-28(12-4-1)40-44-41(29-13-5-2-6-14-29)46-42(45-40)30-22-20-27(21-23-30)31-24-25-34(33-16-8-7-15-32(31)33)35-17-9-18-36-38(35)39-37(47-36)19-10-26-43-39/h1-26,40-41,44H,(H,45,46). The maximum absolute atomic E-state index is 6.16. The number of furan rings is 1. The Hall–Kier alpha value is -6.04. The van der Waals surface area contributed by atoms with Crippen molar-refractivity contribution in [2.75, 3.05) is 0 Å². The number of benzene rings is 6. The summed E-state index contributed by atoms with van der Waals surface area (Å²) in [6, 6.07) is 52.8. The van der Waals surface area contributed by atoms with E-state index >= 15 is 0 Å². The normalized spacial score (nSPS) is 16.3. The first-order valence-corrected chi connectivity index (χ1v) is 15.9. The van der Waals surface area contributed by atoms with E-state index in [1.165, 1.54) is 21.9 Å². The highest BCUT2D eigenvalue weighted by Gasteiger charge is 2.25. The number of aromatic nitrogens is 1. The lowest BCUT2D eigenvalue weighted by atomic mass is 9.90. The number of hydrogen-bond donors (Lipinski definition) is 2. The summed E-state index contributed by atoms with van der Waals surface area (Å²) in [5, 5.41) is 10.8. The van der Waals surface area contributed by atoms with Gasteiger partial charge >= 0.3 is 0 Å². The van der Waals surface area contributed by atoms with Crippen molar-refractivity contribution < 1.29 is 4.42 Å². The third-order valence-corrected chi connectivity index (χ3v) is 9.05. The van der Waals surface area contributed by atoms with Gasteiger partial charge in [0.25, 0.3) is 0 Å². The molecule has 2 atom stereocenters. The Morgan fingerprint density at radius 1 is 0.511 bits per heavy atom. The van der Waals surface area contributed by atoms with E-state index in [0.717, 1.165) is 55.7 Å². The van der Waals surface area contributed by atoms with Gasteiger partial charge < -0.3 is 9.73 Å². The number of rotatable bonds is 5. The molecule has 5 heteroatoms. The molecule has 0 saturated carbocycles. The monoisotopic (exact) mass is 606 g/mol. The predicted molar refractivity (Wildman–Crippen MR) is 191 cm³/mol. The summed E-state index contributed by atoms with van der Waals surface area (Å²) in [5.74, 6) is 0.868. The van der Waals surface area contributed by atoms with Gasteiger partial charge in [0.05, 0.1) is 5.39 Å². The number of fused-ring (bicyclic) bond motifs is 4. The summed E-state index contributed by atoms with van der Waals surface area (Å²) in [5.41, 5.74) is 10.5. The third kappa shape index (κ3) is 4.85. The summed E-state index contributed by atoms with van der Waals surface area (Å²) >= 11 is 0. The summed E-state index contributed by atoms with van der Waals surface area (Å²) < 4.78 is 6.16. The molecule has 2 unspecified atom stereocenters. The zero-order chi connectivity index (χ0) is 31.2. The molecule has 0 saturated heterocycles. The van der Waals surface area contributed by atoms with Gasteiger partial charge in [0.1, 0.15) is 29.3 Å². The largest absolute Gasteiger partial charge is 0.454 e. The van der Waals surface area contributed by atoms with Crippen LogP contribution < -0.4 is 10.6 Å². The SMILES string of the molecule is c1ccc(C2N=C(c3ccc(-c4ccc(-c5cccc6oc7cccnc7c56)c5ccccc45)cc3)NC(c3ccccc3)N2)cc1. The van der Waals surface area contributed by atoms with Crippen LogP contribution in [0.5, 0.6) is 0 Å². The van der Waals surface area contributed by atoms with Crippen LogP contribution in [0.4, 0.5) is 0 Å². The molecule has 0 amide bonds. The molecule has 8 aromatic rings. The number of nitrogens with zero attached hydrogens (tertiary/aromatic N) is 2. The highest BCUT2D eigenvalue weighted by atomic mass is 16.3. The molecule has 0 radical (unpaired) electrons. The molecule has 3 heterocycles. The van der Waals surface area contributed by atoms with Crippen LogP contribution >= 0.6 is 0 Å². The van der Waals surface area contributed by atoms with Gasteiger partial charge in [0, 0.05) is 11.8 Å². The van der Waals surface area contributed by atoms with E-state index in [4.69, 9.17) is 9.41 Å². The summed E-state index contributed by atoms with van der Waals surface area (Å²) in [6.07, 6.45) is 1.59. The second kappa shape index (κ2) is 11.4. The Morgan fingerprint density at radius 3 is 1.96 bits per heavy atom. The van der Waals surface area contributed by atoms with E-state index < -0.39 is 0 Å². The van der Waals surface area contributed by atoms with Crippen molar-refractivity contribution in [2.24, 2.45) is 4.99 Å². The lowest BCUT2D eigenvalue weighted by molar-refractivity contribution is 0.409. The third-order valence-electron chi connectivity index (χ3n) is 9.05. The smallest absolute Gasteiger partial charge is 0.153 e. The molecule has 0 bridgehead atoms. The summed E-state index contributed by atoms with van der Waals surface area (Å²) in [4.78, 5) is 9.80. The number of pyridine rings is 1. The maximum atomic E-state index is 6.16. The molecule has 6 aromatic carbocycles. The first kappa shape index (κ1) is 27.3. The quantitative estimate of drug-likeness (QED) is 0.205. The van der Waals surface area contributed by atoms with E-state index in [1.807, 2.05) is 36.5 Å². The number of amidine groups is 1. The highest BCUT2D eigenvalue weighted by molar-refractivity contribution is 6.15. The Labute approximate surface area is 272 Å². The molecule has 224 valence electrons. The second-order valence-corrected chi connectivity index (χ2v) is 11.9. The lowest BCUT2D eigenvalue weighted by Gasteiger charge is -2.32. The van der Waals surface area contributed by atoms with E-state index in [1.54, 1.807) is 0 Å². The number of hydrogen-bond acceptors (Lipinski definition) is 5. The molecule has 0 aliphatic carbocycles. The summed E-state index contributed by atoms with van der Waals surface area (Å²) in [7, 11) is 0. The predicted octanol–water partition coefficient (Wildman–Crippen LogP) is 9.81. The Morgan fingerprint density at radius 2 is 1.17 bits per heavy atom. The first-order chi connectivity index (χ1) is 23.3. The molecule has 47 heavy (non-hydrogen) atoms. The zero-order valence-corrected chi connectivity index (χ0v) is 25.5. The van der Waals surface area contributed by atoms with Gasteiger partial charge in [-0.05, 0) is 62.4 Å². The zero-order valence-electron chi connectivity index (χ0n) is 25.5. The van der Waals surface area contributed by atoms with Crippen LogP contribution in [0, 0.1) is 0 Å². The fraction of sp³-hybridized carbons (Fsp3) is 0.0476. The van der Waals surface area contributed by atoms with Gasteiger partial charge in [-0.1, -0.05) is 133 Å². The fourth-order valence-corrected chi connectivity index (χ4v) is 6.79. The van der Waals surface area contributed by atoms with Gasteiger partial charge in [-0.3, -0.25) is 10.3 Å². The van der Waals surface area contributed by atoms with Crippen molar-refractivity contribution in [1.82, 2.24) is 15.6 Å². The molecule has 5 nitrogen and oxygen atoms in total. The average molecular weight is 607 g/mol. The summed E-state index contributed by atoms with van der Waals surface area (Å²) in [6.45, 7) is 0. The molecule has 9 rings (SSSR count). The van der Waals surface area contributed by atoms with E-state index in [-0.39, 0.29) is 12.3 Å². The topological polar surface area (TPSA) is 62.5 Å². The lowest BCUT2D eigenvalue weighted by Crippen LogP contribution is -2.44. The van der Waals surface area contributed by atoms with Crippen LogP contribution in [0.2, 0.25) is 0 Å². The van der Waals surface area contributed by atoms with Crippen LogP contribution in [0.1, 0.15) is 29.0 Å². The van der Waals surface area contributed by atoms with E-state index in [0.29, 0.717) is 0 Å². The van der Waals surface area contributed by atoms with Gasteiger partial charge in [-0.2, -0.15) is 0 Å². The molecule has 2 N–H and O–H groups in total. The molecular weight excluding hydrogens is 576 g/mol. The molecule has 0 spiro atoms. The van der Waals surface area contributed by atoms with Crippen molar-refractivity contribution in [3.8, 4) is 22.3 Å².